The first kappa shape index (κ1) is 19.2. The number of carbonyl (C=O) groups excluding carboxylic acids is 1. The van der Waals surface area contributed by atoms with Crippen molar-refractivity contribution in [2.24, 2.45) is 0 Å². The van der Waals surface area contributed by atoms with Gasteiger partial charge >= 0.3 is 0 Å². The zero-order valence-corrected chi connectivity index (χ0v) is 16.2. The lowest BCUT2D eigenvalue weighted by Gasteiger charge is -2.12. The number of carbonyl (C=O) groups is 1. The van der Waals surface area contributed by atoms with Crippen molar-refractivity contribution in [2.75, 3.05) is 24.9 Å². The molecule has 0 fully saturated rings. The fraction of sp³-hybridized carbons (Fsp3) is 0.190. The van der Waals surface area contributed by atoms with E-state index in [0.717, 1.165) is 17.1 Å². The van der Waals surface area contributed by atoms with Gasteiger partial charge in [0.25, 0.3) is 0 Å². The SMILES string of the molecule is COc1ccc(Nc2nc(C)cc(Nc3ccc(C(C)=O)cc3)n2)cc1OC. The number of benzene rings is 2. The summed E-state index contributed by atoms with van der Waals surface area (Å²) in [5, 5.41) is 6.41. The number of nitrogens with one attached hydrogen (secondary N) is 2. The van der Waals surface area contributed by atoms with E-state index in [4.69, 9.17) is 9.47 Å². The van der Waals surface area contributed by atoms with Crippen LogP contribution in [0.5, 0.6) is 11.5 Å². The molecule has 0 aliphatic carbocycles. The van der Waals surface area contributed by atoms with Crippen LogP contribution in [0.4, 0.5) is 23.1 Å². The molecule has 0 bridgehead atoms. The molecule has 1 heterocycles. The Morgan fingerprint density at radius 3 is 2.18 bits per heavy atom. The van der Waals surface area contributed by atoms with Gasteiger partial charge in [0, 0.05) is 34.8 Å². The summed E-state index contributed by atoms with van der Waals surface area (Å²) in [4.78, 5) is 20.3. The van der Waals surface area contributed by atoms with E-state index in [0.29, 0.717) is 28.8 Å². The Hall–Kier alpha value is -3.61. The number of rotatable bonds is 7. The normalized spacial score (nSPS) is 10.3. The van der Waals surface area contributed by atoms with Crippen LogP contribution in [-0.2, 0) is 0 Å². The summed E-state index contributed by atoms with van der Waals surface area (Å²) in [6, 6.07) is 14.6. The molecule has 2 N–H and O–H groups in total. The average Bonchev–Trinajstić information content (AvgIpc) is 2.67. The Bertz CT molecular complexity index is 987. The second kappa shape index (κ2) is 8.39. The van der Waals surface area contributed by atoms with E-state index in [9.17, 15) is 4.79 Å². The van der Waals surface area contributed by atoms with E-state index < -0.39 is 0 Å². The van der Waals surface area contributed by atoms with Crippen LogP contribution in [0.15, 0.2) is 48.5 Å². The highest BCUT2D eigenvalue weighted by molar-refractivity contribution is 5.94. The molecule has 0 amide bonds. The topological polar surface area (TPSA) is 85.4 Å². The predicted molar refractivity (Wildman–Crippen MR) is 109 cm³/mol. The minimum Gasteiger partial charge on any atom is -0.493 e. The smallest absolute Gasteiger partial charge is 0.229 e. The molecule has 0 saturated heterocycles. The molecule has 0 unspecified atom stereocenters. The number of ketones is 1. The van der Waals surface area contributed by atoms with Gasteiger partial charge < -0.3 is 20.1 Å². The summed E-state index contributed by atoms with van der Waals surface area (Å²) in [5.74, 6) is 2.39. The molecule has 28 heavy (non-hydrogen) atoms. The molecule has 3 aromatic rings. The third kappa shape index (κ3) is 4.56. The van der Waals surface area contributed by atoms with Gasteiger partial charge in [-0.05, 0) is 50.2 Å². The van der Waals surface area contributed by atoms with Gasteiger partial charge in [-0.2, -0.15) is 4.98 Å². The van der Waals surface area contributed by atoms with Crippen LogP contribution >= 0.6 is 0 Å². The fourth-order valence-corrected chi connectivity index (χ4v) is 2.67. The minimum atomic E-state index is 0.0332. The zero-order valence-electron chi connectivity index (χ0n) is 16.2. The Morgan fingerprint density at radius 2 is 1.54 bits per heavy atom. The highest BCUT2D eigenvalue weighted by Crippen LogP contribution is 2.30. The largest absolute Gasteiger partial charge is 0.493 e. The number of hydrogen-bond donors (Lipinski definition) is 2. The molecule has 2 aromatic carbocycles. The van der Waals surface area contributed by atoms with E-state index >= 15 is 0 Å². The van der Waals surface area contributed by atoms with Crippen molar-refractivity contribution in [3.8, 4) is 11.5 Å². The molecule has 0 saturated carbocycles. The highest BCUT2D eigenvalue weighted by Gasteiger charge is 2.08. The molecule has 0 atom stereocenters. The molecule has 144 valence electrons. The number of aromatic nitrogens is 2. The number of anilines is 4. The van der Waals surface area contributed by atoms with Gasteiger partial charge in [-0.1, -0.05) is 0 Å². The Labute approximate surface area is 163 Å². The fourth-order valence-electron chi connectivity index (χ4n) is 2.67. The van der Waals surface area contributed by atoms with Crippen molar-refractivity contribution in [2.45, 2.75) is 13.8 Å². The van der Waals surface area contributed by atoms with Gasteiger partial charge in [-0.3, -0.25) is 4.79 Å². The van der Waals surface area contributed by atoms with Gasteiger partial charge in [-0.15, -0.1) is 0 Å². The van der Waals surface area contributed by atoms with Crippen molar-refractivity contribution in [3.63, 3.8) is 0 Å². The van der Waals surface area contributed by atoms with E-state index in [1.807, 2.05) is 43.3 Å². The maximum atomic E-state index is 11.4. The maximum Gasteiger partial charge on any atom is 0.229 e. The monoisotopic (exact) mass is 378 g/mol. The molecule has 0 aliphatic rings. The van der Waals surface area contributed by atoms with Crippen LogP contribution in [0.25, 0.3) is 0 Å². The summed E-state index contributed by atoms with van der Waals surface area (Å²) in [5.41, 5.74) is 3.08. The molecular weight excluding hydrogens is 356 g/mol. The third-order valence-electron chi connectivity index (χ3n) is 4.06. The van der Waals surface area contributed by atoms with Crippen LogP contribution in [-0.4, -0.2) is 30.0 Å². The van der Waals surface area contributed by atoms with Gasteiger partial charge in [-0.25, -0.2) is 4.98 Å². The predicted octanol–water partition coefficient (Wildman–Crippen LogP) is 4.49. The second-order valence-corrected chi connectivity index (χ2v) is 6.17. The van der Waals surface area contributed by atoms with Crippen molar-refractivity contribution in [1.29, 1.82) is 0 Å². The lowest BCUT2D eigenvalue weighted by Crippen LogP contribution is -2.03. The van der Waals surface area contributed by atoms with Crippen LogP contribution in [0.3, 0.4) is 0 Å². The number of Topliss-reactive ketones (excluding diaryl/α,β-unsaturated/α-hetero) is 1. The van der Waals surface area contributed by atoms with Crippen LogP contribution in [0.2, 0.25) is 0 Å². The van der Waals surface area contributed by atoms with E-state index in [2.05, 4.69) is 20.6 Å². The van der Waals surface area contributed by atoms with Gasteiger partial charge in [0.15, 0.2) is 17.3 Å². The first-order valence-electron chi connectivity index (χ1n) is 8.71. The number of aryl methyl sites for hydroxylation is 1. The lowest BCUT2D eigenvalue weighted by molar-refractivity contribution is 0.101. The van der Waals surface area contributed by atoms with Gasteiger partial charge in [0.1, 0.15) is 5.82 Å². The molecule has 7 nitrogen and oxygen atoms in total. The van der Waals surface area contributed by atoms with Crippen molar-refractivity contribution < 1.29 is 14.3 Å². The summed E-state index contributed by atoms with van der Waals surface area (Å²) in [6.45, 7) is 3.44. The number of nitrogens with zero attached hydrogens (tertiary/aromatic N) is 2. The molecule has 0 aliphatic heterocycles. The summed E-state index contributed by atoms with van der Waals surface area (Å²) in [6.07, 6.45) is 0. The molecule has 0 radical (unpaired) electrons. The Balaban J connectivity index is 1.80. The quantitative estimate of drug-likeness (QED) is 0.586. The van der Waals surface area contributed by atoms with Crippen LogP contribution < -0.4 is 20.1 Å². The lowest BCUT2D eigenvalue weighted by atomic mass is 10.1. The van der Waals surface area contributed by atoms with Crippen molar-refractivity contribution >= 4 is 28.9 Å². The molecule has 3 rings (SSSR count). The number of methoxy groups -OCH3 is 2. The number of hydrogen-bond acceptors (Lipinski definition) is 7. The Morgan fingerprint density at radius 1 is 0.857 bits per heavy atom. The number of ether oxygens (including phenoxy) is 2. The third-order valence-corrected chi connectivity index (χ3v) is 4.06. The Kier molecular flexibility index (Phi) is 5.74. The standard InChI is InChI=1S/C21H22N4O3/c1-13-11-20(23-16-7-5-15(6-8-16)14(2)26)25-21(22-13)24-17-9-10-18(27-3)19(12-17)28-4/h5-12H,1-4H3,(H2,22,23,24,25). The minimum absolute atomic E-state index is 0.0332. The first-order chi connectivity index (χ1) is 13.5. The summed E-state index contributed by atoms with van der Waals surface area (Å²) in [7, 11) is 3.18. The van der Waals surface area contributed by atoms with E-state index in [1.54, 1.807) is 33.3 Å². The van der Waals surface area contributed by atoms with Gasteiger partial charge in [0.2, 0.25) is 5.95 Å². The highest BCUT2D eigenvalue weighted by atomic mass is 16.5. The second-order valence-electron chi connectivity index (χ2n) is 6.17. The van der Waals surface area contributed by atoms with Crippen LogP contribution in [0.1, 0.15) is 23.0 Å². The molecule has 1 aromatic heterocycles. The molecule has 0 spiro atoms. The van der Waals surface area contributed by atoms with E-state index in [1.165, 1.54) is 0 Å². The average molecular weight is 378 g/mol. The maximum absolute atomic E-state index is 11.4. The zero-order chi connectivity index (χ0) is 20.1. The van der Waals surface area contributed by atoms with Crippen molar-refractivity contribution in [3.05, 3.63) is 59.8 Å². The van der Waals surface area contributed by atoms with Crippen molar-refractivity contribution in [1.82, 2.24) is 9.97 Å². The molecule has 7 heteroatoms. The van der Waals surface area contributed by atoms with E-state index in [-0.39, 0.29) is 5.78 Å². The van der Waals surface area contributed by atoms with Gasteiger partial charge in [0.05, 0.1) is 14.2 Å². The summed E-state index contributed by atoms with van der Waals surface area (Å²) < 4.78 is 10.6. The first-order valence-corrected chi connectivity index (χ1v) is 8.71. The summed E-state index contributed by atoms with van der Waals surface area (Å²) >= 11 is 0. The van der Waals surface area contributed by atoms with Crippen LogP contribution in [0, 0.1) is 6.92 Å². The molecular formula is C21H22N4O3.